The van der Waals surface area contributed by atoms with Gasteiger partial charge in [0.25, 0.3) is 5.91 Å². The number of rotatable bonds is 4. The number of fused-ring (bicyclic) bond motifs is 2. The molecular weight excluding hydrogens is 398 g/mol. The van der Waals surface area contributed by atoms with E-state index in [1.165, 1.54) is 0 Å². The van der Waals surface area contributed by atoms with Gasteiger partial charge in [-0.15, -0.1) is 5.10 Å². The van der Waals surface area contributed by atoms with Crippen LogP contribution >= 0.6 is 15.9 Å². The molecule has 1 aliphatic heterocycles. The van der Waals surface area contributed by atoms with Gasteiger partial charge in [-0.25, -0.2) is 9.67 Å². The molecule has 0 bridgehead atoms. The third kappa shape index (κ3) is 2.72. The summed E-state index contributed by atoms with van der Waals surface area (Å²) in [4.78, 5) is 31.0. The van der Waals surface area contributed by atoms with Crippen LogP contribution in [0.4, 0.5) is 5.95 Å². The van der Waals surface area contributed by atoms with E-state index in [0.717, 1.165) is 35.7 Å². The number of hydrogen-bond acceptors (Lipinski definition) is 4. The van der Waals surface area contributed by atoms with Crippen molar-refractivity contribution in [1.29, 1.82) is 0 Å². The van der Waals surface area contributed by atoms with Crippen LogP contribution in [0, 0.1) is 0 Å². The summed E-state index contributed by atoms with van der Waals surface area (Å²) in [5.41, 5.74) is 1.83. The van der Waals surface area contributed by atoms with Crippen LogP contribution in [0.25, 0.3) is 0 Å². The van der Waals surface area contributed by atoms with Gasteiger partial charge in [0.2, 0.25) is 11.9 Å². The molecule has 26 heavy (non-hydrogen) atoms. The first-order valence-electron chi connectivity index (χ1n) is 8.84. The van der Waals surface area contributed by atoms with E-state index in [-0.39, 0.29) is 23.8 Å². The molecule has 1 aromatic carbocycles. The van der Waals surface area contributed by atoms with Crippen molar-refractivity contribution in [1.82, 2.24) is 19.7 Å². The first-order valence-corrected chi connectivity index (χ1v) is 9.64. The Hall–Kier alpha value is -2.22. The topological polar surface area (TPSA) is 80.1 Å². The number of carbonyl (C=O) groups excluding carboxylic acids is 2. The van der Waals surface area contributed by atoms with E-state index in [2.05, 4.69) is 31.3 Å². The Morgan fingerprint density at radius 2 is 2.15 bits per heavy atom. The second-order valence-electron chi connectivity index (χ2n) is 7.46. The minimum atomic E-state index is -0.261. The number of halogens is 1. The standard InChI is InChI=1S/C18H18BrN5O2/c19-11-1-4-13-14(7-11)18(5-6-18)9-23(16(13)26)8-15(25)21-17-20-10-24(22-17)12-2-3-12/h1,4,7,10,12H,2-3,5-6,8-9H2,(H,21,22,25). The average molecular weight is 416 g/mol. The highest BCUT2D eigenvalue weighted by atomic mass is 79.9. The minimum Gasteiger partial charge on any atom is -0.328 e. The molecule has 0 atom stereocenters. The largest absolute Gasteiger partial charge is 0.328 e. The van der Waals surface area contributed by atoms with Crippen LogP contribution in [-0.2, 0) is 10.2 Å². The first-order chi connectivity index (χ1) is 12.5. The lowest BCUT2D eigenvalue weighted by atomic mass is 9.86. The van der Waals surface area contributed by atoms with E-state index in [1.807, 2.05) is 18.2 Å². The molecule has 0 radical (unpaired) electrons. The summed E-state index contributed by atoms with van der Waals surface area (Å²) in [5.74, 6) is -0.0447. The molecule has 7 nitrogen and oxygen atoms in total. The molecule has 1 spiro atoms. The molecule has 134 valence electrons. The zero-order valence-corrected chi connectivity index (χ0v) is 15.7. The Morgan fingerprint density at radius 1 is 1.35 bits per heavy atom. The van der Waals surface area contributed by atoms with Crippen LogP contribution in [0.15, 0.2) is 29.0 Å². The van der Waals surface area contributed by atoms with E-state index in [0.29, 0.717) is 24.1 Å². The van der Waals surface area contributed by atoms with Gasteiger partial charge in [0.05, 0.1) is 6.04 Å². The number of benzene rings is 1. The van der Waals surface area contributed by atoms with Crippen molar-refractivity contribution in [3.63, 3.8) is 0 Å². The Bertz CT molecular complexity index is 916. The maximum Gasteiger partial charge on any atom is 0.254 e. The van der Waals surface area contributed by atoms with Gasteiger partial charge in [-0.3, -0.25) is 14.9 Å². The van der Waals surface area contributed by atoms with Gasteiger partial charge in [0.1, 0.15) is 12.9 Å². The Labute approximate surface area is 158 Å². The maximum atomic E-state index is 12.8. The van der Waals surface area contributed by atoms with Gasteiger partial charge < -0.3 is 4.90 Å². The van der Waals surface area contributed by atoms with Crippen LogP contribution < -0.4 is 5.32 Å². The molecular formula is C18H18BrN5O2. The Balaban J connectivity index is 1.31. The van der Waals surface area contributed by atoms with Gasteiger partial charge in [-0.2, -0.15) is 0 Å². The molecule has 0 unspecified atom stereocenters. The SMILES string of the molecule is O=C(CN1CC2(CC2)c2cc(Br)ccc2C1=O)Nc1ncn(C2CC2)n1. The lowest BCUT2D eigenvalue weighted by Crippen LogP contribution is -2.46. The van der Waals surface area contributed by atoms with Gasteiger partial charge >= 0.3 is 0 Å². The van der Waals surface area contributed by atoms with Gasteiger partial charge in [-0.1, -0.05) is 15.9 Å². The molecule has 2 aliphatic carbocycles. The highest BCUT2D eigenvalue weighted by Gasteiger charge is 2.51. The molecule has 0 saturated heterocycles. The van der Waals surface area contributed by atoms with Crippen molar-refractivity contribution in [3.8, 4) is 0 Å². The molecule has 2 amide bonds. The van der Waals surface area contributed by atoms with Crippen molar-refractivity contribution in [3.05, 3.63) is 40.1 Å². The molecule has 3 aliphatic rings. The normalized spacial score (nSPS) is 20.2. The van der Waals surface area contributed by atoms with Crippen molar-refractivity contribution in [2.75, 3.05) is 18.4 Å². The van der Waals surface area contributed by atoms with Crippen molar-refractivity contribution >= 4 is 33.7 Å². The van der Waals surface area contributed by atoms with E-state index in [9.17, 15) is 9.59 Å². The van der Waals surface area contributed by atoms with E-state index >= 15 is 0 Å². The predicted octanol–water partition coefficient (Wildman–Crippen LogP) is 2.50. The molecule has 2 fully saturated rings. The summed E-state index contributed by atoms with van der Waals surface area (Å²) in [6, 6.07) is 6.20. The molecule has 1 aromatic heterocycles. The number of amides is 2. The number of carbonyl (C=O) groups is 2. The number of nitrogens with one attached hydrogen (secondary N) is 1. The lowest BCUT2D eigenvalue weighted by molar-refractivity contribution is -0.117. The van der Waals surface area contributed by atoms with Crippen LogP contribution in [0.3, 0.4) is 0 Å². The summed E-state index contributed by atoms with van der Waals surface area (Å²) in [6.45, 7) is 0.612. The van der Waals surface area contributed by atoms with E-state index in [1.54, 1.807) is 15.9 Å². The highest BCUT2D eigenvalue weighted by Crippen LogP contribution is 2.52. The highest BCUT2D eigenvalue weighted by molar-refractivity contribution is 9.10. The molecule has 8 heteroatoms. The monoisotopic (exact) mass is 415 g/mol. The smallest absolute Gasteiger partial charge is 0.254 e. The lowest BCUT2D eigenvalue weighted by Gasteiger charge is -2.34. The van der Waals surface area contributed by atoms with E-state index < -0.39 is 0 Å². The molecule has 2 heterocycles. The first kappa shape index (κ1) is 16.0. The predicted molar refractivity (Wildman–Crippen MR) is 97.9 cm³/mol. The summed E-state index contributed by atoms with van der Waals surface area (Å²) < 4.78 is 2.77. The fourth-order valence-electron chi connectivity index (χ4n) is 3.73. The average Bonchev–Trinajstić information content (AvgIpc) is 3.53. The van der Waals surface area contributed by atoms with Crippen LogP contribution in [0.5, 0.6) is 0 Å². The molecule has 2 aromatic rings. The van der Waals surface area contributed by atoms with Gasteiger partial charge in [-0.05, 0) is 49.4 Å². The van der Waals surface area contributed by atoms with Gasteiger partial charge in [0, 0.05) is 22.0 Å². The third-order valence-corrected chi connectivity index (χ3v) is 5.93. The van der Waals surface area contributed by atoms with Crippen molar-refractivity contribution in [2.24, 2.45) is 0 Å². The van der Waals surface area contributed by atoms with Crippen molar-refractivity contribution < 1.29 is 9.59 Å². The zero-order valence-electron chi connectivity index (χ0n) is 14.1. The minimum absolute atomic E-state index is 0.0130. The summed E-state index contributed by atoms with van der Waals surface area (Å²) in [5, 5.41) is 6.99. The van der Waals surface area contributed by atoms with Crippen LogP contribution in [0.2, 0.25) is 0 Å². The fraction of sp³-hybridized carbons (Fsp3) is 0.444. The van der Waals surface area contributed by atoms with E-state index in [4.69, 9.17) is 0 Å². The molecule has 5 rings (SSSR count). The third-order valence-electron chi connectivity index (χ3n) is 5.43. The van der Waals surface area contributed by atoms with Crippen molar-refractivity contribution in [2.45, 2.75) is 37.1 Å². The quantitative estimate of drug-likeness (QED) is 0.831. The molecule has 1 N–H and O–H groups in total. The second-order valence-corrected chi connectivity index (χ2v) is 8.37. The van der Waals surface area contributed by atoms with Crippen LogP contribution in [0.1, 0.15) is 47.6 Å². The fourth-order valence-corrected chi connectivity index (χ4v) is 4.09. The van der Waals surface area contributed by atoms with Crippen LogP contribution in [-0.4, -0.2) is 44.6 Å². The Kier molecular flexibility index (Phi) is 3.47. The number of aromatic nitrogens is 3. The summed E-state index contributed by atoms with van der Waals surface area (Å²) in [6.07, 6.45) is 5.96. The molecule has 2 saturated carbocycles. The summed E-state index contributed by atoms with van der Waals surface area (Å²) >= 11 is 3.49. The maximum absolute atomic E-state index is 12.8. The Morgan fingerprint density at radius 3 is 2.88 bits per heavy atom. The number of anilines is 1. The zero-order chi connectivity index (χ0) is 17.9. The number of hydrogen-bond donors (Lipinski definition) is 1. The summed E-state index contributed by atoms with van der Waals surface area (Å²) in [7, 11) is 0. The van der Waals surface area contributed by atoms with Gasteiger partial charge in [0.15, 0.2) is 0 Å². The number of nitrogens with zero attached hydrogens (tertiary/aromatic N) is 4. The second kappa shape index (κ2) is 5.64.